The van der Waals surface area contributed by atoms with Crippen LogP contribution in [0.25, 0.3) is 0 Å². The maximum Gasteiger partial charge on any atom is 0.173 e. The van der Waals surface area contributed by atoms with Gasteiger partial charge in [0.2, 0.25) is 0 Å². The molecule has 0 saturated heterocycles. The first-order valence-electron chi connectivity index (χ1n) is 4.19. The van der Waals surface area contributed by atoms with E-state index in [1.807, 2.05) is 0 Å². The molecule has 0 radical (unpaired) electrons. The molecule has 1 heterocycles. The van der Waals surface area contributed by atoms with Crippen LogP contribution in [0.2, 0.25) is 0 Å². The summed E-state index contributed by atoms with van der Waals surface area (Å²) in [7, 11) is 0. The van der Waals surface area contributed by atoms with Crippen LogP contribution in [-0.2, 0) is 12.8 Å². The number of hydrogen-bond acceptors (Lipinski definition) is 1. The largest absolute Gasteiger partial charge is 0.449 e. The predicted molar refractivity (Wildman–Crippen MR) is 45.3 cm³/mol. The van der Waals surface area contributed by atoms with Crippen LogP contribution in [-0.4, -0.2) is 0 Å². The van der Waals surface area contributed by atoms with Crippen molar-refractivity contribution >= 4 is 0 Å². The molecule has 58 valence electrons. The third-order valence-corrected chi connectivity index (χ3v) is 2.23. The van der Waals surface area contributed by atoms with Gasteiger partial charge >= 0.3 is 0 Å². The normalized spacial score (nSPS) is 12.2. The Hall–Kier alpha value is -0.980. The summed E-state index contributed by atoms with van der Waals surface area (Å²) in [6.07, 6.45) is 2.20. The summed E-state index contributed by atoms with van der Waals surface area (Å²) in [4.78, 5) is 0. The second-order valence-electron chi connectivity index (χ2n) is 2.84. The fourth-order valence-electron chi connectivity index (χ4n) is 1.55. The standard InChI is InChI=1S/C10H12O/c1-3-7-5-6-9-10(11-9)8(7)4-2/h5-6H,3-4H2,1-2H3. The molecule has 1 aromatic carbocycles. The number of ether oxygens (including phenoxy) is 1. The highest BCUT2D eigenvalue weighted by Gasteiger charge is 2.24. The van der Waals surface area contributed by atoms with Gasteiger partial charge in [-0.05, 0) is 24.5 Å². The van der Waals surface area contributed by atoms with E-state index in [1.165, 1.54) is 11.1 Å². The molecule has 11 heavy (non-hydrogen) atoms. The van der Waals surface area contributed by atoms with Gasteiger partial charge in [0.1, 0.15) is 0 Å². The van der Waals surface area contributed by atoms with Crippen molar-refractivity contribution in [2.45, 2.75) is 26.7 Å². The van der Waals surface area contributed by atoms with Gasteiger partial charge in [-0.1, -0.05) is 19.9 Å². The van der Waals surface area contributed by atoms with Gasteiger partial charge in [-0.15, -0.1) is 0 Å². The second-order valence-corrected chi connectivity index (χ2v) is 2.84. The van der Waals surface area contributed by atoms with Gasteiger partial charge < -0.3 is 4.74 Å². The second kappa shape index (κ2) is 2.26. The average molecular weight is 148 g/mol. The molecule has 1 aliphatic rings. The van der Waals surface area contributed by atoms with Crippen LogP contribution < -0.4 is 4.74 Å². The molecule has 1 nitrogen and oxygen atoms in total. The first-order chi connectivity index (χ1) is 5.36. The van der Waals surface area contributed by atoms with Gasteiger partial charge in [0.05, 0.1) is 0 Å². The SMILES string of the molecule is CCc1ccc2c(c1CC)O2. The van der Waals surface area contributed by atoms with Gasteiger partial charge in [0.25, 0.3) is 0 Å². The first kappa shape index (κ1) is 6.71. The third kappa shape index (κ3) is 0.917. The first-order valence-corrected chi connectivity index (χ1v) is 4.19. The van der Waals surface area contributed by atoms with Crippen molar-refractivity contribution in [1.29, 1.82) is 0 Å². The van der Waals surface area contributed by atoms with Crippen LogP contribution in [0.1, 0.15) is 25.0 Å². The monoisotopic (exact) mass is 148 g/mol. The van der Waals surface area contributed by atoms with E-state index in [0.717, 1.165) is 24.3 Å². The fraction of sp³-hybridized carbons (Fsp3) is 0.400. The molecule has 0 amide bonds. The minimum atomic E-state index is 1.08. The number of aryl methyl sites for hydroxylation is 1. The van der Waals surface area contributed by atoms with Gasteiger partial charge in [-0.25, -0.2) is 0 Å². The zero-order valence-corrected chi connectivity index (χ0v) is 6.98. The lowest BCUT2D eigenvalue weighted by Crippen LogP contribution is -1.86. The Morgan fingerprint density at radius 2 is 2.00 bits per heavy atom. The van der Waals surface area contributed by atoms with Crippen LogP contribution in [0.5, 0.6) is 11.5 Å². The van der Waals surface area contributed by atoms with Crippen LogP contribution in [0, 0.1) is 0 Å². The molecule has 2 rings (SSSR count). The molecule has 1 aromatic rings. The molecule has 0 fully saturated rings. The van der Waals surface area contributed by atoms with E-state index >= 15 is 0 Å². The Kier molecular flexibility index (Phi) is 1.38. The van der Waals surface area contributed by atoms with E-state index in [2.05, 4.69) is 26.0 Å². The smallest absolute Gasteiger partial charge is 0.173 e. The maximum atomic E-state index is 5.30. The molecular weight excluding hydrogens is 136 g/mol. The predicted octanol–water partition coefficient (Wildman–Crippen LogP) is 2.92. The Labute approximate surface area is 67.0 Å². The van der Waals surface area contributed by atoms with Crippen LogP contribution in [0.3, 0.4) is 0 Å². The number of rotatable bonds is 2. The lowest BCUT2D eigenvalue weighted by atomic mass is 10.0. The fourth-order valence-corrected chi connectivity index (χ4v) is 1.55. The zero-order valence-electron chi connectivity index (χ0n) is 6.98. The highest BCUT2D eigenvalue weighted by atomic mass is 16.6. The van der Waals surface area contributed by atoms with Gasteiger partial charge in [0.15, 0.2) is 11.5 Å². The zero-order chi connectivity index (χ0) is 7.84. The highest BCUT2D eigenvalue weighted by Crippen LogP contribution is 2.49. The maximum absolute atomic E-state index is 5.30. The Morgan fingerprint density at radius 3 is 2.64 bits per heavy atom. The molecule has 0 aliphatic carbocycles. The molecule has 0 unspecified atom stereocenters. The highest BCUT2D eigenvalue weighted by molar-refractivity contribution is 5.61. The molecule has 0 N–H and O–H groups in total. The van der Waals surface area contributed by atoms with Crippen LogP contribution >= 0.6 is 0 Å². The van der Waals surface area contributed by atoms with Crippen molar-refractivity contribution in [3.8, 4) is 11.5 Å². The topological polar surface area (TPSA) is 12.5 Å². The number of benzene rings is 1. The molecule has 0 spiro atoms. The Bertz CT molecular complexity index is 289. The molecule has 1 aliphatic heterocycles. The molecule has 1 heteroatoms. The van der Waals surface area contributed by atoms with Crippen molar-refractivity contribution in [2.75, 3.05) is 0 Å². The quantitative estimate of drug-likeness (QED) is 0.596. The number of hydrogen-bond donors (Lipinski definition) is 0. The minimum Gasteiger partial charge on any atom is -0.449 e. The van der Waals surface area contributed by atoms with Crippen molar-refractivity contribution in [2.24, 2.45) is 0 Å². The lowest BCUT2D eigenvalue weighted by molar-refractivity contribution is 0.643. The summed E-state index contributed by atoms with van der Waals surface area (Å²) in [5.74, 6) is 2.23. The van der Waals surface area contributed by atoms with Gasteiger partial charge in [0, 0.05) is 5.56 Å². The van der Waals surface area contributed by atoms with E-state index < -0.39 is 0 Å². The summed E-state index contributed by atoms with van der Waals surface area (Å²) in [5.41, 5.74) is 2.84. The summed E-state index contributed by atoms with van der Waals surface area (Å²) in [5, 5.41) is 0. The van der Waals surface area contributed by atoms with Crippen molar-refractivity contribution < 1.29 is 4.74 Å². The average Bonchev–Trinajstić information content (AvgIpc) is 2.80. The van der Waals surface area contributed by atoms with Gasteiger partial charge in [-0.2, -0.15) is 0 Å². The van der Waals surface area contributed by atoms with Crippen molar-refractivity contribution in [3.05, 3.63) is 23.3 Å². The molecule has 0 aromatic heterocycles. The molecular formula is C10H12O. The summed E-state index contributed by atoms with van der Waals surface area (Å²) < 4.78 is 5.30. The third-order valence-electron chi connectivity index (χ3n) is 2.23. The minimum absolute atomic E-state index is 1.08. The van der Waals surface area contributed by atoms with Crippen molar-refractivity contribution in [3.63, 3.8) is 0 Å². The lowest BCUT2D eigenvalue weighted by Gasteiger charge is -1.99. The molecule has 0 atom stereocenters. The summed E-state index contributed by atoms with van der Waals surface area (Å²) in [6.45, 7) is 4.36. The summed E-state index contributed by atoms with van der Waals surface area (Å²) in [6, 6.07) is 4.23. The van der Waals surface area contributed by atoms with E-state index in [4.69, 9.17) is 4.74 Å². The number of fused-ring (bicyclic) bond motifs is 1. The van der Waals surface area contributed by atoms with Gasteiger partial charge in [-0.3, -0.25) is 0 Å². The Morgan fingerprint density at radius 1 is 1.18 bits per heavy atom. The van der Waals surface area contributed by atoms with E-state index in [1.54, 1.807) is 0 Å². The van der Waals surface area contributed by atoms with E-state index in [-0.39, 0.29) is 0 Å². The van der Waals surface area contributed by atoms with E-state index in [9.17, 15) is 0 Å². The van der Waals surface area contributed by atoms with Crippen LogP contribution in [0.15, 0.2) is 12.1 Å². The molecule has 0 bridgehead atoms. The molecule has 0 saturated carbocycles. The Balaban J connectivity index is 2.49. The van der Waals surface area contributed by atoms with Crippen molar-refractivity contribution in [1.82, 2.24) is 0 Å². The summed E-state index contributed by atoms with van der Waals surface area (Å²) >= 11 is 0. The van der Waals surface area contributed by atoms with Crippen LogP contribution in [0.4, 0.5) is 0 Å². The van der Waals surface area contributed by atoms with E-state index in [0.29, 0.717) is 0 Å².